The molecular weight excluding hydrogens is 623 g/mol. The van der Waals surface area contributed by atoms with Crippen molar-refractivity contribution >= 4 is 17.6 Å². The molecule has 16 heteroatoms. The summed E-state index contributed by atoms with van der Waals surface area (Å²) in [6, 6.07) is 3.69. The fourth-order valence-corrected chi connectivity index (χ4v) is 4.94. The number of hydrogen-bond donors (Lipinski definition) is 1. The average Bonchev–Trinajstić information content (AvgIpc) is 2.96. The second kappa shape index (κ2) is 13.0. The van der Waals surface area contributed by atoms with Crippen LogP contribution in [-0.2, 0) is 36.4 Å². The maximum atomic E-state index is 13.6. The molecule has 244 valence electrons. The number of carboxylic acid groups (broad SMARTS) is 1. The molecule has 0 bridgehead atoms. The molecule has 4 rings (SSSR count). The van der Waals surface area contributed by atoms with E-state index in [1.54, 1.807) is 6.92 Å². The number of piperidine rings is 1. The molecule has 1 aromatic heterocycles. The van der Waals surface area contributed by atoms with E-state index in [2.05, 4.69) is 9.97 Å². The highest BCUT2D eigenvalue weighted by Gasteiger charge is 2.37. The zero-order valence-electron chi connectivity index (χ0n) is 23.6. The number of rotatable bonds is 9. The maximum absolute atomic E-state index is 13.6. The summed E-state index contributed by atoms with van der Waals surface area (Å²) in [5.41, 5.74) is -4.16. The van der Waals surface area contributed by atoms with Gasteiger partial charge in [-0.1, -0.05) is 0 Å². The van der Waals surface area contributed by atoms with E-state index in [0.29, 0.717) is 43.8 Å². The molecule has 0 saturated carbocycles. The fourth-order valence-electron chi connectivity index (χ4n) is 4.94. The van der Waals surface area contributed by atoms with E-state index in [9.17, 15) is 49.4 Å². The summed E-state index contributed by atoms with van der Waals surface area (Å²) in [4.78, 5) is 22.7. The third kappa shape index (κ3) is 8.48. The Hall–Kier alpha value is -4.24. The third-order valence-corrected chi connectivity index (χ3v) is 7.19. The van der Waals surface area contributed by atoms with Gasteiger partial charge in [-0.3, -0.25) is 4.79 Å². The van der Waals surface area contributed by atoms with Crippen molar-refractivity contribution in [1.29, 1.82) is 0 Å². The Morgan fingerprint density at radius 2 is 1.42 bits per heavy atom. The average molecular weight is 651 g/mol. The predicted molar refractivity (Wildman–Crippen MR) is 144 cm³/mol. The van der Waals surface area contributed by atoms with Crippen molar-refractivity contribution in [2.75, 3.05) is 29.5 Å². The predicted octanol–water partition coefficient (Wildman–Crippen LogP) is 7.44. The van der Waals surface area contributed by atoms with Gasteiger partial charge in [0.2, 0.25) is 5.95 Å². The van der Waals surface area contributed by atoms with Gasteiger partial charge in [0.1, 0.15) is 5.75 Å². The number of carbonyl (C=O) groups is 1. The zero-order valence-corrected chi connectivity index (χ0v) is 23.6. The molecule has 3 aromatic rings. The number of hydrogen-bond acceptors (Lipinski definition) is 6. The molecule has 0 aliphatic carbocycles. The first-order valence-corrected chi connectivity index (χ1v) is 13.6. The number of halogens is 9. The van der Waals surface area contributed by atoms with E-state index >= 15 is 0 Å². The zero-order chi connectivity index (χ0) is 33.2. The number of anilines is 2. The highest BCUT2D eigenvalue weighted by atomic mass is 19.4. The van der Waals surface area contributed by atoms with Gasteiger partial charge in [0.15, 0.2) is 0 Å². The highest BCUT2D eigenvalue weighted by molar-refractivity contribution is 5.70. The lowest BCUT2D eigenvalue weighted by Crippen LogP contribution is -2.36. The van der Waals surface area contributed by atoms with Gasteiger partial charge in [-0.05, 0) is 61.7 Å². The van der Waals surface area contributed by atoms with Crippen molar-refractivity contribution in [1.82, 2.24) is 9.97 Å². The second-order valence-corrected chi connectivity index (χ2v) is 10.4. The first-order valence-electron chi connectivity index (χ1n) is 13.6. The number of aromatic nitrogens is 2. The molecule has 0 radical (unpaired) electrons. The summed E-state index contributed by atoms with van der Waals surface area (Å²) in [7, 11) is 0. The van der Waals surface area contributed by atoms with E-state index in [1.165, 1.54) is 12.4 Å². The van der Waals surface area contributed by atoms with Crippen LogP contribution in [-0.4, -0.2) is 40.7 Å². The van der Waals surface area contributed by atoms with Crippen LogP contribution in [0.5, 0.6) is 5.75 Å². The lowest BCUT2D eigenvalue weighted by molar-refractivity contribution is -0.144. The van der Waals surface area contributed by atoms with E-state index in [0.717, 1.165) is 23.1 Å². The molecule has 1 N–H and O–H groups in total. The Bertz CT molecular complexity index is 1450. The Balaban J connectivity index is 1.74. The molecule has 1 saturated heterocycles. The minimum atomic E-state index is -5.11. The number of carboxylic acids is 1. The molecule has 2 aromatic carbocycles. The van der Waals surface area contributed by atoms with Crippen molar-refractivity contribution in [2.24, 2.45) is 5.92 Å². The van der Waals surface area contributed by atoms with Crippen LogP contribution in [0.4, 0.5) is 51.1 Å². The fraction of sp³-hybridized carbons (Fsp3) is 0.414. The molecule has 0 spiro atoms. The summed E-state index contributed by atoms with van der Waals surface area (Å²) < 4.78 is 128. The minimum Gasteiger partial charge on any atom is -0.494 e. The largest absolute Gasteiger partial charge is 0.494 e. The quantitative estimate of drug-likeness (QED) is 0.241. The SMILES string of the molecule is CCOc1ccc(C(F)(F)F)cc1CN(Cc1cc(C(F)(F)F)cc(C(F)(F)F)c1)c1ncc(N2CCC(C(=O)O)CC2)cn1. The highest BCUT2D eigenvalue weighted by Crippen LogP contribution is 2.38. The summed E-state index contributed by atoms with van der Waals surface area (Å²) in [6.07, 6.45) is -11.6. The van der Waals surface area contributed by atoms with Gasteiger partial charge < -0.3 is 19.6 Å². The smallest absolute Gasteiger partial charge is 0.416 e. The van der Waals surface area contributed by atoms with E-state index < -0.39 is 65.8 Å². The van der Waals surface area contributed by atoms with E-state index in [4.69, 9.17) is 4.74 Å². The van der Waals surface area contributed by atoms with Crippen molar-refractivity contribution in [3.05, 3.63) is 76.6 Å². The van der Waals surface area contributed by atoms with E-state index in [-0.39, 0.29) is 29.9 Å². The van der Waals surface area contributed by atoms with Gasteiger partial charge >= 0.3 is 24.5 Å². The lowest BCUT2D eigenvalue weighted by atomic mass is 9.97. The first-order chi connectivity index (χ1) is 21.0. The van der Waals surface area contributed by atoms with Crippen LogP contribution in [0, 0.1) is 5.92 Å². The van der Waals surface area contributed by atoms with Crippen LogP contribution >= 0.6 is 0 Å². The molecule has 7 nitrogen and oxygen atoms in total. The summed E-state index contributed by atoms with van der Waals surface area (Å²) in [5.74, 6) is -1.60. The van der Waals surface area contributed by atoms with Gasteiger partial charge in [-0.2, -0.15) is 39.5 Å². The third-order valence-electron chi connectivity index (χ3n) is 7.19. The summed E-state index contributed by atoms with van der Waals surface area (Å²) >= 11 is 0. The molecule has 45 heavy (non-hydrogen) atoms. The van der Waals surface area contributed by atoms with Crippen LogP contribution in [0.15, 0.2) is 48.8 Å². The maximum Gasteiger partial charge on any atom is 0.416 e. The Labute approximate surface area is 251 Å². The number of aliphatic carboxylic acids is 1. The molecule has 2 heterocycles. The van der Waals surface area contributed by atoms with Gasteiger partial charge in [-0.15, -0.1) is 0 Å². The molecule has 1 fully saturated rings. The number of nitrogens with zero attached hydrogens (tertiary/aromatic N) is 4. The van der Waals surface area contributed by atoms with Crippen molar-refractivity contribution in [3.63, 3.8) is 0 Å². The molecule has 0 unspecified atom stereocenters. The summed E-state index contributed by atoms with van der Waals surface area (Å²) in [6.45, 7) is 1.27. The van der Waals surface area contributed by atoms with Gasteiger partial charge in [0.05, 0.1) is 47.3 Å². The number of alkyl halides is 9. The first kappa shape index (κ1) is 33.6. The summed E-state index contributed by atoms with van der Waals surface area (Å²) in [5, 5.41) is 9.23. The number of ether oxygens (including phenoxy) is 1. The van der Waals surface area contributed by atoms with Crippen molar-refractivity contribution in [2.45, 2.75) is 51.4 Å². The van der Waals surface area contributed by atoms with Crippen LogP contribution in [0.25, 0.3) is 0 Å². The van der Waals surface area contributed by atoms with Crippen LogP contribution < -0.4 is 14.5 Å². The molecule has 0 amide bonds. The van der Waals surface area contributed by atoms with E-state index in [1.807, 2.05) is 4.90 Å². The number of benzene rings is 2. The van der Waals surface area contributed by atoms with Gasteiger partial charge in [0, 0.05) is 31.7 Å². The normalized spacial score (nSPS) is 14.8. The van der Waals surface area contributed by atoms with Crippen LogP contribution in [0.3, 0.4) is 0 Å². The molecule has 0 atom stereocenters. The topological polar surface area (TPSA) is 78.8 Å². The monoisotopic (exact) mass is 650 g/mol. The standard InChI is InChI=1S/C29H27F9N4O3/c1-2-45-24-4-3-20(27(30,31)32)11-19(24)16-42(15-17-9-21(28(33,34)35)12-22(10-17)29(36,37)38)26-39-13-23(14-40-26)41-7-5-18(6-8-41)25(43)44/h3-4,9-14,18H,2,5-8,15-16H2,1H3,(H,43,44). The van der Waals surface area contributed by atoms with Crippen molar-refractivity contribution < 1.29 is 54.2 Å². The van der Waals surface area contributed by atoms with Crippen molar-refractivity contribution in [3.8, 4) is 5.75 Å². The Morgan fingerprint density at radius 3 is 1.91 bits per heavy atom. The van der Waals surface area contributed by atoms with Crippen LogP contribution in [0.2, 0.25) is 0 Å². The molecule has 1 aliphatic rings. The van der Waals surface area contributed by atoms with Gasteiger partial charge in [-0.25, -0.2) is 9.97 Å². The van der Waals surface area contributed by atoms with Gasteiger partial charge in [0.25, 0.3) is 0 Å². The molecule has 1 aliphatic heterocycles. The Morgan fingerprint density at radius 1 is 0.867 bits per heavy atom. The lowest BCUT2D eigenvalue weighted by Gasteiger charge is -2.31. The minimum absolute atomic E-state index is 0.0212. The molecular formula is C29H27F9N4O3. The van der Waals surface area contributed by atoms with Crippen LogP contribution in [0.1, 0.15) is 47.6 Å². The Kier molecular flexibility index (Phi) is 9.73. The second-order valence-electron chi connectivity index (χ2n) is 10.4.